The van der Waals surface area contributed by atoms with E-state index in [9.17, 15) is 4.79 Å². The molecule has 21 heavy (non-hydrogen) atoms. The number of hydrogen-bond donors (Lipinski definition) is 2. The zero-order valence-corrected chi connectivity index (χ0v) is 13.3. The van der Waals surface area contributed by atoms with E-state index in [0.29, 0.717) is 12.1 Å². The van der Waals surface area contributed by atoms with Gasteiger partial charge >= 0.3 is 0 Å². The van der Waals surface area contributed by atoms with Crippen LogP contribution in [0.1, 0.15) is 34.8 Å². The molecule has 0 saturated carbocycles. The topological polar surface area (TPSA) is 54.0 Å². The van der Waals surface area contributed by atoms with Gasteiger partial charge in [-0.05, 0) is 43.3 Å². The predicted octanol–water partition coefficient (Wildman–Crippen LogP) is 3.11. The van der Waals surface area contributed by atoms with Gasteiger partial charge in [-0.1, -0.05) is 13.0 Å². The molecule has 4 nitrogen and oxygen atoms in total. The van der Waals surface area contributed by atoms with Crippen molar-refractivity contribution in [1.82, 2.24) is 10.3 Å². The highest BCUT2D eigenvalue weighted by atomic mass is 32.1. The van der Waals surface area contributed by atoms with E-state index >= 15 is 0 Å². The summed E-state index contributed by atoms with van der Waals surface area (Å²) in [7, 11) is 0. The zero-order valence-electron chi connectivity index (χ0n) is 12.5. The lowest BCUT2D eigenvalue weighted by Gasteiger charge is -2.09. The van der Waals surface area contributed by atoms with Gasteiger partial charge in [-0.2, -0.15) is 0 Å². The zero-order chi connectivity index (χ0) is 15.1. The molecule has 2 aromatic heterocycles. The Hall–Kier alpha value is -1.88. The third kappa shape index (κ3) is 4.56. The number of carbonyl (C=O) groups is 1. The fourth-order valence-electron chi connectivity index (χ4n) is 2.03. The molecule has 5 heteroatoms. The molecule has 0 unspecified atom stereocenters. The lowest BCUT2D eigenvalue weighted by atomic mass is 10.1. The highest BCUT2D eigenvalue weighted by Gasteiger charge is 2.09. The minimum absolute atomic E-state index is 0.0391. The Bertz CT molecular complexity index is 581. The minimum Gasteiger partial charge on any atom is -0.370 e. The number of amides is 1. The number of nitrogens with zero attached hydrogens (tertiary/aromatic N) is 1. The van der Waals surface area contributed by atoms with Crippen molar-refractivity contribution in [3.8, 4) is 0 Å². The van der Waals surface area contributed by atoms with E-state index in [1.165, 1.54) is 4.88 Å². The molecule has 112 valence electrons. The first-order valence-corrected chi connectivity index (χ1v) is 8.16. The van der Waals surface area contributed by atoms with E-state index < -0.39 is 0 Å². The smallest absolute Gasteiger partial charge is 0.251 e. The van der Waals surface area contributed by atoms with E-state index in [-0.39, 0.29) is 5.91 Å². The van der Waals surface area contributed by atoms with E-state index in [1.807, 2.05) is 32.0 Å². The second-order valence-corrected chi connectivity index (χ2v) is 5.73. The summed E-state index contributed by atoms with van der Waals surface area (Å²) < 4.78 is 0. The summed E-state index contributed by atoms with van der Waals surface area (Å²) in [5, 5.41) is 8.19. The van der Waals surface area contributed by atoms with Gasteiger partial charge in [0.15, 0.2) is 0 Å². The van der Waals surface area contributed by atoms with Gasteiger partial charge in [-0.3, -0.25) is 4.79 Å². The van der Waals surface area contributed by atoms with Crippen molar-refractivity contribution in [3.05, 3.63) is 45.8 Å². The van der Waals surface area contributed by atoms with E-state index in [2.05, 4.69) is 27.1 Å². The molecule has 2 N–H and O–H groups in total. The van der Waals surface area contributed by atoms with Crippen molar-refractivity contribution in [2.24, 2.45) is 0 Å². The van der Waals surface area contributed by atoms with Gasteiger partial charge in [0, 0.05) is 29.2 Å². The number of aromatic nitrogens is 1. The SMILES string of the molecule is CCNc1cc(C(=O)NCCc2cccs2)cc(CC)n1. The third-order valence-electron chi connectivity index (χ3n) is 3.10. The van der Waals surface area contributed by atoms with Crippen LogP contribution in [0.3, 0.4) is 0 Å². The van der Waals surface area contributed by atoms with Crippen molar-refractivity contribution in [3.63, 3.8) is 0 Å². The first kappa shape index (κ1) is 15.5. The summed E-state index contributed by atoms with van der Waals surface area (Å²) in [5.41, 5.74) is 1.60. The average Bonchev–Trinajstić information content (AvgIpc) is 3.00. The number of pyridine rings is 1. The van der Waals surface area contributed by atoms with Gasteiger partial charge < -0.3 is 10.6 Å². The number of rotatable bonds is 7. The molecule has 0 spiro atoms. The van der Waals surface area contributed by atoms with Gasteiger partial charge in [0.25, 0.3) is 5.91 Å². The van der Waals surface area contributed by atoms with Crippen molar-refractivity contribution < 1.29 is 4.79 Å². The number of anilines is 1. The second-order valence-electron chi connectivity index (χ2n) is 4.70. The number of hydrogen-bond acceptors (Lipinski definition) is 4. The summed E-state index contributed by atoms with van der Waals surface area (Å²) in [4.78, 5) is 18.0. The fraction of sp³-hybridized carbons (Fsp3) is 0.375. The molecule has 2 rings (SSSR count). The Labute approximate surface area is 129 Å². The van der Waals surface area contributed by atoms with Crippen molar-refractivity contribution >= 4 is 23.1 Å². The maximum atomic E-state index is 12.2. The third-order valence-corrected chi connectivity index (χ3v) is 4.03. The summed E-state index contributed by atoms with van der Waals surface area (Å²) in [6.07, 6.45) is 1.68. The molecule has 0 atom stereocenters. The Morgan fingerprint density at radius 1 is 1.33 bits per heavy atom. The van der Waals surface area contributed by atoms with Crippen LogP contribution in [0.15, 0.2) is 29.6 Å². The number of carbonyl (C=O) groups excluding carboxylic acids is 1. The van der Waals surface area contributed by atoms with Gasteiger partial charge in [0.2, 0.25) is 0 Å². The summed E-state index contributed by atoms with van der Waals surface area (Å²) in [5.74, 6) is 0.725. The molecule has 0 radical (unpaired) electrons. The van der Waals surface area contributed by atoms with Crippen LogP contribution in [-0.2, 0) is 12.8 Å². The maximum absolute atomic E-state index is 12.2. The lowest BCUT2D eigenvalue weighted by molar-refractivity contribution is 0.0954. The van der Waals surface area contributed by atoms with Crippen LogP contribution >= 0.6 is 11.3 Å². The quantitative estimate of drug-likeness (QED) is 0.826. The van der Waals surface area contributed by atoms with Crippen LogP contribution in [0.25, 0.3) is 0 Å². The molecule has 0 saturated heterocycles. The normalized spacial score (nSPS) is 10.4. The maximum Gasteiger partial charge on any atom is 0.251 e. The number of nitrogens with one attached hydrogen (secondary N) is 2. The molecule has 0 bridgehead atoms. The van der Waals surface area contributed by atoms with E-state index in [1.54, 1.807) is 11.3 Å². The molecule has 0 aliphatic heterocycles. The van der Waals surface area contributed by atoms with Gasteiger partial charge in [-0.15, -0.1) is 11.3 Å². The van der Waals surface area contributed by atoms with Crippen LogP contribution in [0.4, 0.5) is 5.82 Å². The minimum atomic E-state index is -0.0391. The second kappa shape index (κ2) is 7.78. The lowest BCUT2D eigenvalue weighted by Crippen LogP contribution is -2.26. The number of thiophene rings is 1. The van der Waals surface area contributed by atoms with Crippen molar-refractivity contribution in [2.75, 3.05) is 18.4 Å². The van der Waals surface area contributed by atoms with Crippen LogP contribution in [0.5, 0.6) is 0 Å². The van der Waals surface area contributed by atoms with Crippen LogP contribution in [0.2, 0.25) is 0 Å². The molecule has 0 aromatic carbocycles. The molecule has 1 amide bonds. The van der Waals surface area contributed by atoms with E-state index in [0.717, 1.165) is 30.9 Å². The molecule has 0 aliphatic rings. The highest BCUT2D eigenvalue weighted by Crippen LogP contribution is 2.12. The monoisotopic (exact) mass is 303 g/mol. The Morgan fingerprint density at radius 2 is 2.19 bits per heavy atom. The Morgan fingerprint density at radius 3 is 2.86 bits per heavy atom. The predicted molar refractivity (Wildman–Crippen MR) is 88.1 cm³/mol. The molecule has 0 fully saturated rings. The first-order valence-electron chi connectivity index (χ1n) is 7.28. The van der Waals surface area contributed by atoms with Crippen molar-refractivity contribution in [2.45, 2.75) is 26.7 Å². The van der Waals surface area contributed by atoms with Crippen LogP contribution in [0, 0.1) is 0 Å². The summed E-state index contributed by atoms with van der Waals surface area (Å²) in [6.45, 7) is 5.50. The fourth-order valence-corrected chi connectivity index (χ4v) is 2.74. The average molecular weight is 303 g/mol. The van der Waals surface area contributed by atoms with Crippen molar-refractivity contribution in [1.29, 1.82) is 0 Å². The van der Waals surface area contributed by atoms with Gasteiger partial charge in [-0.25, -0.2) is 4.98 Å². The molecular weight excluding hydrogens is 282 g/mol. The highest BCUT2D eigenvalue weighted by molar-refractivity contribution is 7.09. The molecule has 2 heterocycles. The Kier molecular flexibility index (Phi) is 5.75. The van der Waals surface area contributed by atoms with Crippen LogP contribution < -0.4 is 10.6 Å². The largest absolute Gasteiger partial charge is 0.370 e. The van der Waals surface area contributed by atoms with Crippen LogP contribution in [-0.4, -0.2) is 24.0 Å². The number of aryl methyl sites for hydroxylation is 1. The molecule has 0 aliphatic carbocycles. The Balaban J connectivity index is 1.98. The van der Waals surface area contributed by atoms with Gasteiger partial charge in [0.1, 0.15) is 5.82 Å². The molecular formula is C16H21N3OS. The van der Waals surface area contributed by atoms with Gasteiger partial charge in [0.05, 0.1) is 0 Å². The first-order chi connectivity index (χ1) is 10.2. The molecule has 2 aromatic rings. The summed E-state index contributed by atoms with van der Waals surface area (Å²) in [6, 6.07) is 7.78. The summed E-state index contributed by atoms with van der Waals surface area (Å²) >= 11 is 1.71. The van der Waals surface area contributed by atoms with E-state index in [4.69, 9.17) is 0 Å². The standard InChI is InChI=1S/C16H21N3OS/c1-3-13-10-12(11-15(19-13)17-4-2)16(20)18-8-7-14-6-5-9-21-14/h5-6,9-11H,3-4,7-8H2,1-2H3,(H,17,19)(H,18,20).